The van der Waals surface area contributed by atoms with Gasteiger partial charge in [0, 0.05) is 4.90 Å². The van der Waals surface area contributed by atoms with Crippen LogP contribution in [-0.2, 0) is 9.94 Å². The first-order valence-corrected chi connectivity index (χ1v) is 16.3. The van der Waals surface area contributed by atoms with Gasteiger partial charge in [0.15, 0.2) is 0 Å². The molecular formula is C33H43NOSSi. The van der Waals surface area contributed by atoms with Crippen molar-refractivity contribution in [1.29, 1.82) is 0 Å². The maximum atomic E-state index is 7.13. The van der Waals surface area contributed by atoms with E-state index in [0.717, 1.165) is 12.8 Å². The lowest BCUT2D eigenvalue weighted by Gasteiger charge is -2.44. The van der Waals surface area contributed by atoms with Gasteiger partial charge in [-0.15, -0.1) is 0 Å². The van der Waals surface area contributed by atoms with Crippen LogP contribution in [0.1, 0.15) is 73.3 Å². The lowest BCUT2D eigenvalue weighted by Crippen LogP contribution is -2.69. The molecule has 2 nitrogen and oxygen atoms in total. The van der Waals surface area contributed by atoms with Gasteiger partial charge in [0.25, 0.3) is 8.32 Å². The number of hydrogen-bond acceptors (Lipinski definition) is 3. The van der Waals surface area contributed by atoms with E-state index in [9.17, 15) is 0 Å². The van der Waals surface area contributed by atoms with Gasteiger partial charge in [0.1, 0.15) is 0 Å². The molecule has 0 amide bonds. The number of hydrogen-bond donors (Lipinski definition) is 1. The number of thioether (sulfide) groups is 1. The van der Waals surface area contributed by atoms with Crippen LogP contribution in [0.2, 0.25) is 5.04 Å². The highest BCUT2D eigenvalue weighted by molar-refractivity contribution is 8.02. The average molecular weight is 530 g/mol. The number of hydroxylamine groups is 1. The van der Waals surface area contributed by atoms with E-state index in [-0.39, 0.29) is 16.0 Å². The molecular weight excluding hydrogens is 487 g/mol. The summed E-state index contributed by atoms with van der Waals surface area (Å²) in [5.41, 5.74) is 6.48. The van der Waals surface area contributed by atoms with E-state index in [1.54, 1.807) is 0 Å². The van der Waals surface area contributed by atoms with Gasteiger partial charge in [-0.25, -0.2) is 5.48 Å². The molecule has 3 aromatic carbocycles. The van der Waals surface area contributed by atoms with E-state index < -0.39 is 8.32 Å². The fourth-order valence-corrected chi connectivity index (χ4v) is 10.6. The van der Waals surface area contributed by atoms with E-state index >= 15 is 0 Å². The van der Waals surface area contributed by atoms with Crippen LogP contribution in [0.25, 0.3) is 0 Å². The first-order chi connectivity index (χ1) is 17.5. The minimum atomic E-state index is -2.65. The van der Waals surface area contributed by atoms with Crippen LogP contribution in [0.4, 0.5) is 0 Å². The van der Waals surface area contributed by atoms with Crippen LogP contribution in [-0.4, -0.2) is 13.9 Å². The molecule has 1 fully saturated rings. The SMILES string of the molecule is CC1(NO[Si](c2ccccc2)(c2ccccc2)C(C)(C)C)CCC/C1=C\Sc1ccc(C(C)(C)C)cc1. The van der Waals surface area contributed by atoms with Gasteiger partial charge in [-0.1, -0.05) is 126 Å². The second-order valence-electron chi connectivity index (χ2n) is 12.6. The molecule has 1 unspecified atom stereocenters. The first kappa shape index (κ1) is 27.9. The third-order valence-corrected chi connectivity index (χ3v) is 13.5. The summed E-state index contributed by atoms with van der Waals surface area (Å²) in [5.74, 6) is 0. The molecule has 0 radical (unpaired) electrons. The Hall–Kier alpha value is -2.11. The Morgan fingerprint density at radius 2 is 1.35 bits per heavy atom. The van der Waals surface area contributed by atoms with Crippen LogP contribution in [0, 0.1) is 0 Å². The Bertz CT molecular complexity index is 1150. The molecule has 4 heteroatoms. The largest absolute Gasteiger partial charge is 0.333 e. The molecule has 0 aliphatic heterocycles. The Balaban J connectivity index is 1.62. The second-order valence-corrected chi connectivity index (χ2v) is 17.8. The summed E-state index contributed by atoms with van der Waals surface area (Å²) in [6.45, 7) is 16.1. The zero-order chi connectivity index (χ0) is 26.7. The first-order valence-electron chi connectivity index (χ1n) is 13.5. The van der Waals surface area contributed by atoms with Gasteiger partial charge in [0.2, 0.25) is 0 Å². The Morgan fingerprint density at radius 3 is 1.84 bits per heavy atom. The highest BCUT2D eigenvalue weighted by atomic mass is 32.2. The van der Waals surface area contributed by atoms with Crippen molar-refractivity contribution in [2.75, 3.05) is 0 Å². The molecule has 4 rings (SSSR count). The van der Waals surface area contributed by atoms with Gasteiger partial charge in [-0.2, -0.15) is 0 Å². The summed E-state index contributed by atoms with van der Waals surface area (Å²) in [6, 6.07) is 30.8. The zero-order valence-electron chi connectivity index (χ0n) is 23.6. The molecule has 0 aromatic heterocycles. The fraction of sp³-hybridized carbons (Fsp3) is 0.394. The molecule has 0 bridgehead atoms. The lowest BCUT2D eigenvalue weighted by molar-refractivity contribution is 0.109. The predicted molar refractivity (Wildman–Crippen MR) is 163 cm³/mol. The number of rotatable bonds is 7. The lowest BCUT2D eigenvalue weighted by atomic mass is 9.87. The van der Waals surface area contributed by atoms with E-state index in [1.807, 2.05) is 11.8 Å². The van der Waals surface area contributed by atoms with Crippen molar-refractivity contribution in [2.24, 2.45) is 0 Å². The molecule has 1 N–H and O–H groups in total. The van der Waals surface area contributed by atoms with Crippen molar-refractivity contribution in [2.45, 2.75) is 88.6 Å². The molecule has 1 atom stereocenters. The minimum absolute atomic E-state index is 0.0644. The van der Waals surface area contributed by atoms with E-state index in [2.05, 4.69) is 144 Å². The fourth-order valence-electron chi connectivity index (χ4n) is 5.39. The maximum Gasteiger partial charge on any atom is 0.287 e. The molecule has 1 aliphatic rings. The smallest absolute Gasteiger partial charge is 0.287 e. The molecule has 37 heavy (non-hydrogen) atoms. The molecule has 0 spiro atoms. The van der Waals surface area contributed by atoms with Crippen molar-refractivity contribution in [1.82, 2.24) is 5.48 Å². The highest BCUT2D eigenvalue weighted by Gasteiger charge is 2.52. The summed E-state index contributed by atoms with van der Waals surface area (Å²) in [5, 5.41) is 4.88. The average Bonchev–Trinajstić information content (AvgIpc) is 3.23. The van der Waals surface area contributed by atoms with E-state index in [1.165, 1.54) is 32.8 Å². The minimum Gasteiger partial charge on any atom is -0.333 e. The summed E-state index contributed by atoms with van der Waals surface area (Å²) >= 11 is 1.82. The maximum absolute atomic E-state index is 7.13. The van der Waals surface area contributed by atoms with Crippen molar-refractivity contribution in [3.05, 3.63) is 101 Å². The monoisotopic (exact) mass is 529 g/mol. The van der Waals surface area contributed by atoms with E-state index in [0.29, 0.717) is 0 Å². The number of benzene rings is 3. The Kier molecular flexibility index (Phi) is 8.25. The molecule has 0 heterocycles. The molecule has 1 aliphatic carbocycles. The van der Waals surface area contributed by atoms with Crippen LogP contribution in [0.5, 0.6) is 0 Å². The molecule has 1 saturated carbocycles. The van der Waals surface area contributed by atoms with Gasteiger partial charge < -0.3 is 4.53 Å². The molecule has 3 aromatic rings. The van der Waals surface area contributed by atoms with Crippen molar-refractivity contribution < 1.29 is 4.53 Å². The van der Waals surface area contributed by atoms with Crippen LogP contribution in [0.3, 0.4) is 0 Å². The molecule has 0 saturated heterocycles. The van der Waals surface area contributed by atoms with Gasteiger partial charge >= 0.3 is 0 Å². The predicted octanol–water partition coefficient (Wildman–Crippen LogP) is 7.98. The topological polar surface area (TPSA) is 21.3 Å². The van der Waals surface area contributed by atoms with Gasteiger partial charge in [-0.3, -0.25) is 0 Å². The third-order valence-electron chi connectivity index (χ3n) is 7.74. The third kappa shape index (κ3) is 5.98. The normalized spacial score (nSPS) is 19.9. The molecule has 196 valence electrons. The quantitative estimate of drug-likeness (QED) is 0.190. The van der Waals surface area contributed by atoms with Crippen molar-refractivity contribution in [3.8, 4) is 0 Å². The van der Waals surface area contributed by atoms with Crippen molar-refractivity contribution >= 4 is 30.5 Å². The summed E-state index contributed by atoms with van der Waals surface area (Å²) in [7, 11) is -2.65. The van der Waals surface area contributed by atoms with Crippen LogP contribution < -0.4 is 15.9 Å². The van der Waals surface area contributed by atoms with Crippen LogP contribution >= 0.6 is 11.8 Å². The standard InChI is InChI=1S/C33H43NOSSi/c1-31(2,3)26-20-22-28(23-21-26)36-25-27-15-14-24-33(27,7)34-35-37(32(4,5)6,29-16-10-8-11-17-29)30-18-12-9-13-19-30/h8-13,16-23,25,34H,14-15,24H2,1-7H3/b27-25+. The summed E-state index contributed by atoms with van der Waals surface area (Å²) in [6.07, 6.45) is 3.34. The zero-order valence-corrected chi connectivity index (χ0v) is 25.4. The number of nitrogens with one attached hydrogen (secondary N) is 1. The summed E-state index contributed by atoms with van der Waals surface area (Å²) < 4.78 is 7.13. The second kappa shape index (κ2) is 10.9. The van der Waals surface area contributed by atoms with Gasteiger partial charge in [0.05, 0.1) is 5.54 Å². The van der Waals surface area contributed by atoms with Crippen molar-refractivity contribution in [3.63, 3.8) is 0 Å². The van der Waals surface area contributed by atoms with E-state index in [4.69, 9.17) is 4.53 Å². The van der Waals surface area contributed by atoms with Gasteiger partial charge in [-0.05, 0) is 75.7 Å². The Morgan fingerprint density at radius 1 is 0.811 bits per heavy atom. The Labute approximate surface area is 230 Å². The highest BCUT2D eigenvalue weighted by Crippen LogP contribution is 2.41. The van der Waals surface area contributed by atoms with Crippen LogP contribution in [0.15, 0.2) is 101 Å². The summed E-state index contributed by atoms with van der Waals surface area (Å²) in [4.78, 5) is 1.28.